The van der Waals surface area contributed by atoms with E-state index in [0.29, 0.717) is 18.8 Å². The van der Waals surface area contributed by atoms with Crippen LogP contribution in [0.4, 0.5) is 0 Å². The summed E-state index contributed by atoms with van der Waals surface area (Å²) in [6, 6.07) is 16.1. The molecule has 2 aromatic carbocycles. The van der Waals surface area contributed by atoms with Crippen molar-refractivity contribution >= 4 is 17.7 Å². The Morgan fingerprint density at radius 1 is 1.12 bits per heavy atom. The Bertz CT molecular complexity index is 1120. The first-order chi connectivity index (χ1) is 16.5. The maximum absolute atomic E-state index is 12.9. The number of aromatic nitrogens is 3. The summed E-state index contributed by atoms with van der Waals surface area (Å²) < 4.78 is 12.9. The number of hydrogen-bond acceptors (Lipinski definition) is 7. The van der Waals surface area contributed by atoms with Crippen LogP contribution in [0, 0.1) is 0 Å². The van der Waals surface area contributed by atoms with E-state index in [1.807, 2.05) is 43.3 Å². The van der Waals surface area contributed by atoms with Crippen molar-refractivity contribution in [2.75, 3.05) is 20.9 Å². The highest BCUT2D eigenvalue weighted by Gasteiger charge is 2.25. The Kier molecular flexibility index (Phi) is 7.74. The molecule has 3 aromatic rings. The van der Waals surface area contributed by atoms with Gasteiger partial charge in [-0.2, -0.15) is 0 Å². The number of nitrogens with zero attached hydrogens (tertiary/aromatic N) is 4. The quantitative estimate of drug-likeness (QED) is 0.440. The summed E-state index contributed by atoms with van der Waals surface area (Å²) in [7, 11) is 4.10. The van der Waals surface area contributed by atoms with E-state index in [9.17, 15) is 4.79 Å². The summed E-state index contributed by atoms with van der Waals surface area (Å²) in [5.41, 5.74) is 2.13. The predicted molar refractivity (Wildman–Crippen MR) is 132 cm³/mol. The summed E-state index contributed by atoms with van der Waals surface area (Å²) in [6.45, 7) is 5.34. The lowest BCUT2D eigenvalue weighted by Gasteiger charge is -2.23. The minimum Gasteiger partial charge on any atom is -0.454 e. The smallest absolute Gasteiger partial charge is 0.233 e. The number of nitrogens with one attached hydrogen (secondary N) is 1. The van der Waals surface area contributed by atoms with Crippen LogP contribution in [0.5, 0.6) is 11.5 Å². The van der Waals surface area contributed by atoms with E-state index < -0.39 is 0 Å². The highest BCUT2D eigenvalue weighted by molar-refractivity contribution is 8.00. The molecule has 2 atom stereocenters. The van der Waals surface area contributed by atoms with E-state index in [2.05, 4.69) is 58.1 Å². The van der Waals surface area contributed by atoms with Crippen LogP contribution in [-0.4, -0.2) is 51.7 Å². The van der Waals surface area contributed by atoms with Crippen molar-refractivity contribution in [3.8, 4) is 11.5 Å². The van der Waals surface area contributed by atoms with Crippen molar-refractivity contribution in [1.29, 1.82) is 0 Å². The fourth-order valence-corrected chi connectivity index (χ4v) is 4.80. The van der Waals surface area contributed by atoms with Gasteiger partial charge < -0.3 is 19.4 Å². The van der Waals surface area contributed by atoms with Gasteiger partial charge in [-0.15, -0.1) is 10.2 Å². The number of carbonyl (C=O) groups is 1. The average Bonchev–Trinajstić information content (AvgIpc) is 3.45. The molecule has 34 heavy (non-hydrogen) atoms. The van der Waals surface area contributed by atoms with E-state index in [0.717, 1.165) is 28.7 Å². The van der Waals surface area contributed by atoms with Crippen molar-refractivity contribution < 1.29 is 14.3 Å². The number of benzene rings is 2. The molecule has 1 aromatic heterocycles. The molecular weight excluding hydrogens is 450 g/mol. The van der Waals surface area contributed by atoms with Crippen molar-refractivity contribution in [2.45, 2.75) is 49.8 Å². The Hall–Kier alpha value is -3.04. The van der Waals surface area contributed by atoms with E-state index >= 15 is 0 Å². The van der Waals surface area contributed by atoms with E-state index in [4.69, 9.17) is 9.47 Å². The van der Waals surface area contributed by atoms with Gasteiger partial charge in [0.2, 0.25) is 12.7 Å². The van der Waals surface area contributed by atoms with Gasteiger partial charge in [-0.05, 0) is 50.7 Å². The number of carbonyl (C=O) groups excluding carboxylic acids is 1. The summed E-state index contributed by atoms with van der Waals surface area (Å²) in [5.74, 6) is 2.29. The molecule has 0 radical (unpaired) electrons. The summed E-state index contributed by atoms with van der Waals surface area (Å²) in [6.07, 6.45) is 0.913. The third-order valence-electron chi connectivity index (χ3n) is 5.79. The SMILES string of the molecule is CC[C@@H](c1nnc(S[C@H](C)C(=O)NCc2ccc3c(c2)OCO3)n1Cc1ccccc1)N(C)C. The molecule has 0 bridgehead atoms. The maximum Gasteiger partial charge on any atom is 0.233 e. The molecule has 8 nitrogen and oxygen atoms in total. The molecule has 1 N–H and O–H groups in total. The number of fused-ring (bicyclic) bond motifs is 1. The first kappa shape index (κ1) is 24.1. The first-order valence-corrected chi connectivity index (χ1v) is 12.3. The molecule has 0 saturated carbocycles. The second-order valence-corrected chi connectivity index (χ2v) is 9.77. The molecule has 1 aliphatic heterocycles. The van der Waals surface area contributed by atoms with Crippen molar-refractivity contribution in [3.05, 3.63) is 65.5 Å². The Morgan fingerprint density at radius 3 is 2.62 bits per heavy atom. The van der Waals surface area contributed by atoms with Gasteiger partial charge in [-0.25, -0.2) is 0 Å². The van der Waals surface area contributed by atoms with E-state index in [1.165, 1.54) is 17.3 Å². The lowest BCUT2D eigenvalue weighted by molar-refractivity contribution is -0.120. The Balaban J connectivity index is 1.47. The summed E-state index contributed by atoms with van der Waals surface area (Å²) >= 11 is 1.43. The highest BCUT2D eigenvalue weighted by atomic mass is 32.2. The zero-order valence-electron chi connectivity index (χ0n) is 20.0. The van der Waals surface area contributed by atoms with Gasteiger partial charge in [0, 0.05) is 6.54 Å². The van der Waals surface area contributed by atoms with Crippen LogP contribution in [0.15, 0.2) is 53.7 Å². The molecule has 0 unspecified atom stereocenters. The number of thioether (sulfide) groups is 1. The van der Waals surface area contributed by atoms with Crippen molar-refractivity contribution in [2.24, 2.45) is 0 Å². The molecule has 4 rings (SSSR count). The third kappa shape index (κ3) is 5.53. The average molecular weight is 482 g/mol. The monoisotopic (exact) mass is 481 g/mol. The largest absolute Gasteiger partial charge is 0.454 e. The minimum atomic E-state index is -0.333. The molecule has 180 valence electrons. The summed E-state index contributed by atoms with van der Waals surface area (Å²) in [4.78, 5) is 15.0. The standard InChI is InChI=1S/C25H31N5O3S/c1-5-20(29(3)4)23-27-28-25(30(23)15-18-9-7-6-8-10-18)34-17(2)24(31)26-14-19-11-12-21-22(13-19)33-16-32-21/h6-13,17,20H,5,14-16H2,1-4H3,(H,26,31)/t17-,20+/m1/s1. The molecule has 9 heteroatoms. The minimum absolute atomic E-state index is 0.0573. The van der Waals surface area contributed by atoms with Gasteiger partial charge >= 0.3 is 0 Å². The van der Waals surface area contributed by atoms with E-state index in [-0.39, 0.29) is 24.0 Å². The number of ether oxygens (including phenoxy) is 2. The number of rotatable bonds is 10. The van der Waals surface area contributed by atoms with Gasteiger partial charge in [0.05, 0.1) is 17.8 Å². The molecular formula is C25H31N5O3S. The van der Waals surface area contributed by atoms with Gasteiger partial charge in [-0.1, -0.05) is 55.1 Å². The van der Waals surface area contributed by atoms with Gasteiger partial charge in [0.15, 0.2) is 22.5 Å². The first-order valence-electron chi connectivity index (χ1n) is 11.4. The van der Waals surface area contributed by atoms with E-state index in [1.54, 1.807) is 0 Å². The topological polar surface area (TPSA) is 81.5 Å². The molecule has 0 spiro atoms. The van der Waals surface area contributed by atoms with Crippen LogP contribution in [0.1, 0.15) is 43.3 Å². The van der Waals surface area contributed by atoms with Gasteiger partial charge in [0.25, 0.3) is 0 Å². The fraction of sp³-hybridized carbons (Fsp3) is 0.400. The molecule has 1 aliphatic rings. The van der Waals surface area contributed by atoms with Crippen molar-refractivity contribution in [1.82, 2.24) is 25.0 Å². The van der Waals surface area contributed by atoms with Crippen molar-refractivity contribution in [3.63, 3.8) is 0 Å². The number of hydrogen-bond donors (Lipinski definition) is 1. The molecule has 1 amide bonds. The normalized spacial score (nSPS) is 14.3. The second-order valence-electron chi connectivity index (χ2n) is 8.47. The molecule has 2 heterocycles. The third-order valence-corrected chi connectivity index (χ3v) is 6.87. The van der Waals surface area contributed by atoms with Crippen LogP contribution in [-0.2, 0) is 17.9 Å². The Morgan fingerprint density at radius 2 is 1.88 bits per heavy atom. The zero-order valence-corrected chi connectivity index (χ0v) is 20.8. The lowest BCUT2D eigenvalue weighted by atomic mass is 10.2. The van der Waals surface area contributed by atoms with Crippen LogP contribution < -0.4 is 14.8 Å². The van der Waals surface area contributed by atoms with Crippen LogP contribution >= 0.6 is 11.8 Å². The van der Waals surface area contributed by atoms with Crippen LogP contribution in [0.3, 0.4) is 0 Å². The molecule has 0 saturated heterocycles. The molecule has 0 aliphatic carbocycles. The van der Waals surface area contributed by atoms with Crippen LogP contribution in [0.2, 0.25) is 0 Å². The Labute approximate surface area is 204 Å². The summed E-state index contributed by atoms with van der Waals surface area (Å²) in [5, 5.41) is 12.4. The maximum atomic E-state index is 12.9. The highest BCUT2D eigenvalue weighted by Crippen LogP contribution is 2.32. The zero-order chi connectivity index (χ0) is 24.1. The van der Waals surface area contributed by atoms with Gasteiger partial charge in [-0.3, -0.25) is 9.69 Å². The lowest BCUT2D eigenvalue weighted by Crippen LogP contribution is -2.30. The predicted octanol–water partition coefficient (Wildman–Crippen LogP) is 3.86. The second kappa shape index (κ2) is 10.9. The van der Waals surface area contributed by atoms with Crippen LogP contribution in [0.25, 0.3) is 0 Å². The number of amides is 1. The molecule has 0 fully saturated rings. The van der Waals surface area contributed by atoms with Gasteiger partial charge in [0.1, 0.15) is 0 Å². The fourth-order valence-electron chi connectivity index (χ4n) is 3.92.